The molecular formula is C33H38F3NO5. The van der Waals surface area contributed by atoms with Crippen molar-refractivity contribution in [1.82, 2.24) is 4.90 Å². The molecular weight excluding hydrogens is 547 g/mol. The van der Waals surface area contributed by atoms with Gasteiger partial charge in [0, 0.05) is 19.5 Å². The zero-order valence-corrected chi connectivity index (χ0v) is 24.1. The molecule has 0 fully saturated rings. The highest BCUT2D eigenvalue weighted by Crippen LogP contribution is 2.29. The van der Waals surface area contributed by atoms with Gasteiger partial charge in [0.05, 0.1) is 38.6 Å². The third kappa shape index (κ3) is 11.3. The Morgan fingerprint density at radius 2 is 1.29 bits per heavy atom. The van der Waals surface area contributed by atoms with E-state index >= 15 is 0 Å². The molecule has 0 unspecified atom stereocenters. The summed E-state index contributed by atoms with van der Waals surface area (Å²) in [4.78, 5) is 25.4. The smallest absolute Gasteiger partial charge is 0.416 e. The molecule has 0 aromatic heterocycles. The molecule has 0 bridgehead atoms. The number of hydrogen-bond acceptors (Lipinski definition) is 6. The minimum absolute atomic E-state index is 0.214. The number of carbonyl (C=O) groups excluding carboxylic acids is 2. The first-order valence-corrected chi connectivity index (χ1v) is 14.0. The highest BCUT2D eigenvalue weighted by molar-refractivity contribution is 5.89. The molecule has 0 aliphatic heterocycles. The van der Waals surface area contributed by atoms with Gasteiger partial charge in [-0.3, -0.25) is 9.69 Å². The van der Waals surface area contributed by atoms with Crippen LogP contribution in [-0.2, 0) is 51.2 Å². The third-order valence-corrected chi connectivity index (χ3v) is 6.94. The molecule has 6 nitrogen and oxygen atoms in total. The highest BCUT2D eigenvalue weighted by atomic mass is 19.4. The van der Waals surface area contributed by atoms with E-state index in [9.17, 15) is 22.8 Å². The van der Waals surface area contributed by atoms with Crippen LogP contribution in [0.4, 0.5) is 13.2 Å². The molecule has 42 heavy (non-hydrogen) atoms. The number of hydrogen-bond donors (Lipinski definition) is 0. The van der Waals surface area contributed by atoms with E-state index in [1.165, 1.54) is 26.4 Å². The quantitative estimate of drug-likeness (QED) is 0.139. The van der Waals surface area contributed by atoms with Crippen molar-refractivity contribution in [2.75, 3.05) is 33.9 Å². The largest absolute Gasteiger partial charge is 0.469 e. The highest BCUT2D eigenvalue weighted by Gasteiger charge is 2.29. The first-order valence-electron chi connectivity index (χ1n) is 14.0. The minimum Gasteiger partial charge on any atom is -0.469 e. The Bertz CT molecular complexity index is 1240. The van der Waals surface area contributed by atoms with Gasteiger partial charge in [-0.1, -0.05) is 48.5 Å². The fourth-order valence-electron chi connectivity index (χ4n) is 4.43. The summed E-state index contributed by atoms with van der Waals surface area (Å²) in [6.07, 6.45) is -0.971. The number of unbranched alkanes of at least 4 members (excludes halogenated alkanes) is 1. The summed E-state index contributed by atoms with van der Waals surface area (Å²) < 4.78 is 53.7. The van der Waals surface area contributed by atoms with Crippen LogP contribution in [0.1, 0.15) is 57.4 Å². The van der Waals surface area contributed by atoms with Gasteiger partial charge in [-0.2, -0.15) is 13.2 Å². The van der Waals surface area contributed by atoms with Crippen molar-refractivity contribution in [3.8, 4) is 0 Å². The summed E-state index contributed by atoms with van der Waals surface area (Å²) in [6, 6.07) is 20.7. The topological polar surface area (TPSA) is 65.1 Å². The lowest BCUT2D eigenvalue weighted by atomic mass is 10.0. The molecule has 0 N–H and O–H groups in total. The van der Waals surface area contributed by atoms with Crippen molar-refractivity contribution in [3.63, 3.8) is 0 Å². The van der Waals surface area contributed by atoms with Crippen molar-refractivity contribution in [3.05, 3.63) is 106 Å². The molecule has 0 atom stereocenters. The van der Waals surface area contributed by atoms with Gasteiger partial charge >= 0.3 is 18.1 Å². The Hall–Kier alpha value is -3.69. The van der Waals surface area contributed by atoms with E-state index in [0.29, 0.717) is 44.7 Å². The predicted molar refractivity (Wildman–Crippen MR) is 154 cm³/mol. The van der Waals surface area contributed by atoms with Crippen LogP contribution in [0.5, 0.6) is 0 Å². The number of aryl methyl sites for hydroxylation is 2. The Balaban J connectivity index is 1.45. The molecule has 0 spiro atoms. The van der Waals surface area contributed by atoms with E-state index in [1.807, 2.05) is 36.4 Å². The summed E-state index contributed by atoms with van der Waals surface area (Å²) in [7, 11) is 2.74. The van der Waals surface area contributed by atoms with Crippen LogP contribution in [-0.4, -0.2) is 50.8 Å². The fraction of sp³-hybridized carbons (Fsp3) is 0.394. The Labute approximate surface area is 245 Å². The second-order valence-electron chi connectivity index (χ2n) is 10.1. The van der Waals surface area contributed by atoms with Gasteiger partial charge in [-0.25, -0.2) is 4.79 Å². The van der Waals surface area contributed by atoms with Gasteiger partial charge in [-0.15, -0.1) is 0 Å². The number of nitrogens with zero attached hydrogens (tertiary/aromatic N) is 1. The lowest BCUT2D eigenvalue weighted by Crippen LogP contribution is -2.28. The molecule has 0 aliphatic carbocycles. The molecule has 0 amide bonds. The van der Waals surface area contributed by atoms with Crippen LogP contribution in [0.2, 0.25) is 0 Å². The van der Waals surface area contributed by atoms with Gasteiger partial charge in [0.15, 0.2) is 0 Å². The average Bonchev–Trinajstić information content (AvgIpc) is 3.00. The molecule has 0 heterocycles. The maximum atomic E-state index is 12.8. The fourth-order valence-corrected chi connectivity index (χ4v) is 4.43. The van der Waals surface area contributed by atoms with E-state index in [1.54, 1.807) is 12.1 Å². The zero-order valence-electron chi connectivity index (χ0n) is 24.1. The second kappa shape index (κ2) is 16.7. The van der Waals surface area contributed by atoms with E-state index in [0.717, 1.165) is 60.2 Å². The van der Waals surface area contributed by atoms with Gasteiger partial charge < -0.3 is 14.2 Å². The molecule has 0 saturated carbocycles. The Morgan fingerprint density at radius 3 is 1.86 bits per heavy atom. The predicted octanol–water partition coefficient (Wildman–Crippen LogP) is 6.64. The summed E-state index contributed by atoms with van der Waals surface area (Å²) in [6.45, 7) is 3.14. The monoisotopic (exact) mass is 585 g/mol. The summed E-state index contributed by atoms with van der Waals surface area (Å²) in [5.41, 5.74) is 3.94. The van der Waals surface area contributed by atoms with Crippen LogP contribution in [0.3, 0.4) is 0 Å². The number of methoxy groups -OCH3 is 2. The van der Waals surface area contributed by atoms with Crippen LogP contribution in [0.15, 0.2) is 72.8 Å². The molecule has 3 aromatic carbocycles. The number of alkyl halides is 3. The minimum atomic E-state index is -4.32. The standard InChI is InChI=1S/C33H38F3NO5/c1-40-31(38)5-3-4-20-37(23-27-12-16-29(17-13-27)32(39)41-2)21-22-42-24-28-10-8-25(9-11-28)6-7-26-14-18-30(19-15-26)33(34,35)36/h8-19H,3-7,20-24H2,1-2H3. The summed E-state index contributed by atoms with van der Waals surface area (Å²) >= 11 is 0. The zero-order chi connectivity index (χ0) is 30.4. The van der Waals surface area contributed by atoms with Crippen LogP contribution >= 0.6 is 0 Å². The maximum absolute atomic E-state index is 12.8. The number of rotatable bonds is 16. The van der Waals surface area contributed by atoms with Crippen LogP contribution < -0.4 is 0 Å². The van der Waals surface area contributed by atoms with Gasteiger partial charge in [0.25, 0.3) is 0 Å². The van der Waals surface area contributed by atoms with Crippen molar-refractivity contribution in [2.45, 2.75) is 51.4 Å². The second-order valence-corrected chi connectivity index (χ2v) is 10.1. The number of halogens is 3. The van der Waals surface area contributed by atoms with E-state index in [2.05, 4.69) is 4.90 Å². The summed E-state index contributed by atoms with van der Waals surface area (Å²) in [5.74, 6) is -0.587. The van der Waals surface area contributed by atoms with Gasteiger partial charge in [-0.05, 0) is 78.7 Å². The molecule has 9 heteroatoms. The average molecular weight is 586 g/mol. The number of ether oxygens (including phenoxy) is 3. The van der Waals surface area contributed by atoms with Crippen molar-refractivity contribution < 1.29 is 37.0 Å². The molecule has 0 aliphatic rings. The lowest BCUT2D eigenvalue weighted by molar-refractivity contribution is -0.140. The van der Waals surface area contributed by atoms with E-state index < -0.39 is 11.7 Å². The van der Waals surface area contributed by atoms with Crippen molar-refractivity contribution in [2.24, 2.45) is 0 Å². The first kappa shape index (κ1) is 32.8. The maximum Gasteiger partial charge on any atom is 0.416 e. The molecule has 226 valence electrons. The Kier molecular flexibility index (Phi) is 13.0. The normalized spacial score (nSPS) is 11.5. The van der Waals surface area contributed by atoms with E-state index in [-0.39, 0.29) is 11.9 Å². The van der Waals surface area contributed by atoms with E-state index in [4.69, 9.17) is 14.2 Å². The van der Waals surface area contributed by atoms with Gasteiger partial charge in [0.2, 0.25) is 0 Å². The van der Waals surface area contributed by atoms with Crippen molar-refractivity contribution in [1.29, 1.82) is 0 Å². The number of benzene rings is 3. The first-order chi connectivity index (χ1) is 20.2. The molecule has 3 aromatic rings. The van der Waals surface area contributed by atoms with Crippen LogP contribution in [0.25, 0.3) is 0 Å². The molecule has 3 rings (SSSR count). The van der Waals surface area contributed by atoms with Crippen LogP contribution in [0, 0.1) is 0 Å². The number of esters is 2. The molecule has 0 radical (unpaired) electrons. The Morgan fingerprint density at radius 1 is 0.714 bits per heavy atom. The van der Waals surface area contributed by atoms with Gasteiger partial charge in [0.1, 0.15) is 0 Å². The third-order valence-electron chi connectivity index (χ3n) is 6.94. The summed E-state index contributed by atoms with van der Waals surface area (Å²) in [5, 5.41) is 0. The lowest BCUT2D eigenvalue weighted by Gasteiger charge is -2.22. The SMILES string of the molecule is COC(=O)CCCCN(CCOCc1ccc(CCc2ccc(C(F)(F)F)cc2)cc1)Cc1ccc(C(=O)OC)cc1. The number of carbonyl (C=O) groups is 2. The molecule has 0 saturated heterocycles. The van der Waals surface area contributed by atoms with Crippen molar-refractivity contribution >= 4 is 11.9 Å².